The molecule has 0 aliphatic rings. The molecule has 98 valence electrons. The van der Waals surface area contributed by atoms with E-state index in [2.05, 4.69) is 57.5 Å². The number of aromatic nitrogens is 2. The van der Waals surface area contributed by atoms with Gasteiger partial charge in [0.15, 0.2) is 0 Å². The summed E-state index contributed by atoms with van der Waals surface area (Å²) in [5.74, 6) is 0.951. The predicted molar refractivity (Wildman–Crippen MR) is 88.5 cm³/mol. The van der Waals surface area contributed by atoms with Crippen molar-refractivity contribution in [1.29, 1.82) is 0 Å². The lowest BCUT2D eigenvalue weighted by Gasteiger charge is -1.96. The number of imidazole rings is 1. The average Bonchev–Trinajstić information content (AvgIpc) is 3.22. The van der Waals surface area contributed by atoms with Crippen molar-refractivity contribution in [2.75, 3.05) is 0 Å². The smallest absolute Gasteiger partial charge is 0.148 e. The lowest BCUT2D eigenvalue weighted by Crippen LogP contribution is -1.76. The van der Waals surface area contributed by atoms with Gasteiger partial charge in [-0.3, -0.25) is 0 Å². The first-order valence-corrected chi connectivity index (χ1v) is 8.77. The molecule has 0 aromatic carbocycles. The van der Waals surface area contributed by atoms with Crippen LogP contribution in [0.4, 0.5) is 0 Å². The highest BCUT2D eigenvalue weighted by atomic mass is 32.1. The van der Waals surface area contributed by atoms with E-state index in [1.54, 1.807) is 34.0 Å². The first kappa shape index (κ1) is 12.1. The number of aromatic amines is 1. The van der Waals surface area contributed by atoms with Crippen molar-refractivity contribution in [3.8, 4) is 31.8 Å². The van der Waals surface area contributed by atoms with Crippen molar-refractivity contribution in [3.63, 3.8) is 0 Å². The van der Waals surface area contributed by atoms with E-state index in [4.69, 9.17) is 4.98 Å². The zero-order valence-electron chi connectivity index (χ0n) is 10.4. The summed E-state index contributed by atoms with van der Waals surface area (Å²) in [7, 11) is 0. The van der Waals surface area contributed by atoms with Gasteiger partial charge < -0.3 is 4.98 Å². The van der Waals surface area contributed by atoms with Gasteiger partial charge in [-0.25, -0.2) is 4.98 Å². The van der Waals surface area contributed by atoms with Crippen molar-refractivity contribution in [1.82, 2.24) is 9.97 Å². The molecular weight excluding hydrogens is 304 g/mol. The van der Waals surface area contributed by atoms with E-state index in [1.165, 1.54) is 14.6 Å². The predicted octanol–water partition coefficient (Wildman–Crippen LogP) is 5.60. The van der Waals surface area contributed by atoms with Crippen molar-refractivity contribution in [2.45, 2.75) is 0 Å². The maximum atomic E-state index is 4.82. The molecule has 4 heterocycles. The second kappa shape index (κ2) is 5.01. The highest BCUT2D eigenvalue weighted by molar-refractivity contribution is 7.14. The Balaban J connectivity index is 1.92. The lowest BCUT2D eigenvalue weighted by atomic mass is 10.2. The van der Waals surface area contributed by atoms with Crippen molar-refractivity contribution in [3.05, 3.63) is 52.5 Å². The third-order valence-electron chi connectivity index (χ3n) is 2.98. The molecule has 0 bridgehead atoms. The summed E-state index contributed by atoms with van der Waals surface area (Å²) in [4.78, 5) is 11.9. The Morgan fingerprint density at radius 1 is 0.750 bits per heavy atom. The van der Waals surface area contributed by atoms with E-state index in [-0.39, 0.29) is 0 Å². The fourth-order valence-corrected chi connectivity index (χ4v) is 4.21. The zero-order chi connectivity index (χ0) is 13.4. The van der Waals surface area contributed by atoms with Crippen LogP contribution >= 0.6 is 34.0 Å². The topological polar surface area (TPSA) is 28.7 Å². The van der Waals surface area contributed by atoms with Crippen LogP contribution in [-0.4, -0.2) is 9.97 Å². The SMILES string of the molecule is c1csc(-c2nc(-c3cccs3)c(-c3cccs3)[nH]2)c1. The van der Waals surface area contributed by atoms with Gasteiger partial charge in [-0.15, -0.1) is 34.0 Å². The molecule has 0 aliphatic heterocycles. The van der Waals surface area contributed by atoms with E-state index < -0.39 is 0 Å². The summed E-state index contributed by atoms with van der Waals surface area (Å²) >= 11 is 5.16. The number of hydrogen-bond acceptors (Lipinski definition) is 4. The molecule has 0 saturated heterocycles. The molecule has 4 aromatic heterocycles. The number of nitrogens with zero attached hydrogens (tertiary/aromatic N) is 1. The largest absolute Gasteiger partial charge is 0.336 e. The van der Waals surface area contributed by atoms with Gasteiger partial charge in [-0.05, 0) is 34.3 Å². The Hall–Kier alpha value is -1.69. The van der Waals surface area contributed by atoms with E-state index in [1.807, 2.05) is 0 Å². The molecule has 2 nitrogen and oxygen atoms in total. The van der Waals surface area contributed by atoms with Gasteiger partial charge in [0, 0.05) is 0 Å². The molecule has 0 spiro atoms. The van der Waals surface area contributed by atoms with Gasteiger partial charge in [0.25, 0.3) is 0 Å². The van der Waals surface area contributed by atoms with E-state index >= 15 is 0 Å². The number of rotatable bonds is 3. The zero-order valence-corrected chi connectivity index (χ0v) is 12.8. The second-order valence-electron chi connectivity index (χ2n) is 4.24. The Labute approximate surface area is 128 Å². The van der Waals surface area contributed by atoms with Crippen molar-refractivity contribution < 1.29 is 0 Å². The molecule has 4 rings (SSSR count). The summed E-state index contributed by atoms with van der Waals surface area (Å²) in [6.45, 7) is 0. The highest BCUT2D eigenvalue weighted by Gasteiger charge is 2.16. The van der Waals surface area contributed by atoms with Crippen LogP contribution in [0.15, 0.2) is 52.5 Å². The normalized spacial score (nSPS) is 11.0. The van der Waals surface area contributed by atoms with E-state index in [9.17, 15) is 0 Å². The Morgan fingerprint density at radius 3 is 1.95 bits per heavy atom. The number of hydrogen-bond donors (Lipinski definition) is 1. The number of H-pyrrole nitrogens is 1. The second-order valence-corrected chi connectivity index (χ2v) is 7.08. The van der Waals surface area contributed by atoms with E-state index in [0.29, 0.717) is 0 Å². The Bertz CT molecular complexity index is 742. The summed E-state index contributed by atoms with van der Waals surface area (Å²) in [6.07, 6.45) is 0. The third-order valence-corrected chi connectivity index (χ3v) is 5.62. The fraction of sp³-hybridized carbons (Fsp3) is 0. The van der Waals surface area contributed by atoms with Crippen molar-refractivity contribution in [2.24, 2.45) is 0 Å². The monoisotopic (exact) mass is 314 g/mol. The molecule has 20 heavy (non-hydrogen) atoms. The maximum absolute atomic E-state index is 4.82. The van der Waals surface area contributed by atoms with Gasteiger partial charge >= 0.3 is 0 Å². The Morgan fingerprint density at radius 2 is 1.35 bits per heavy atom. The quantitative estimate of drug-likeness (QED) is 0.524. The number of nitrogens with one attached hydrogen (secondary N) is 1. The molecule has 0 amide bonds. The minimum absolute atomic E-state index is 0.951. The van der Waals surface area contributed by atoms with E-state index in [0.717, 1.165) is 17.2 Å². The first-order chi connectivity index (χ1) is 9.92. The van der Waals surface area contributed by atoms with Crippen LogP contribution in [0.25, 0.3) is 31.8 Å². The van der Waals surface area contributed by atoms with Crippen LogP contribution in [0.3, 0.4) is 0 Å². The molecule has 4 aromatic rings. The van der Waals surface area contributed by atoms with Gasteiger partial charge in [0.2, 0.25) is 0 Å². The summed E-state index contributed by atoms with van der Waals surface area (Å²) < 4.78 is 0. The molecular formula is C15H10N2S3. The summed E-state index contributed by atoms with van der Waals surface area (Å²) in [6, 6.07) is 12.5. The van der Waals surface area contributed by atoms with Crippen LogP contribution in [0.1, 0.15) is 0 Å². The van der Waals surface area contributed by atoms with Crippen molar-refractivity contribution >= 4 is 34.0 Å². The van der Waals surface area contributed by atoms with Gasteiger partial charge in [0.1, 0.15) is 11.5 Å². The molecule has 0 saturated carbocycles. The maximum Gasteiger partial charge on any atom is 0.148 e. The molecule has 1 N–H and O–H groups in total. The molecule has 0 radical (unpaired) electrons. The van der Waals surface area contributed by atoms with Crippen LogP contribution in [0.2, 0.25) is 0 Å². The van der Waals surface area contributed by atoms with Crippen LogP contribution < -0.4 is 0 Å². The van der Waals surface area contributed by atoms with Crippen LogP contribution in [0, 0.1) is 0 Å². The van der Waals surface area contributed by atoms with Gasteiger partial charge in [-0.1, -0.05) is 18.2 Å². The molecule has 0 aliphatic carbocycles. The Kier molecular flexibility index (Phi) is 3.03. The van der Waals surface area contributed by atoms with Crippen LogP contribution in [-0.2, 0) is 0 Å². The molecule has 0 fully saturated rings. The standard InChI is InChI=1S/C15H10N2S3/c1-4-10(18-7-1)13-14(11-5-2-8-19-11)17-15(16-13)12-6-3-9-20-12/h1-9H,(H,16,17). The van der Waals surface area contributed by atoms with Gasteiger partial charge in [-0.2, -0.15) is 0 Å². The minimum atomic E-state index is 0.951. The molecule has 5 heteroatoms. The lowest BCUT2D eigenvalue weighted by molar-refractivity contribution is 1.33. The molecule has 0 atom stereocenters. The number of thiophene rings is 3. The summed E-state index contributed by atoms with van der Waals surface area (Å²) in [5, 5.41) is 6.26. The highest BCUT2D eigenvalue weighted by Crippen LogP contribution is 2.37. The summed E-state index contributed by atoms with van der Waals surface area (Å²) in [5.41, 5.74) is 2.16. The average molecular weight is 314 g/mol. The third kappa shape index (κ3) is 2.04. The van der Waals surface area contributed by atoms with Gasteiger partial charge in [0.05, 0.1) is 20.3 Å². The fourth-order valence-electron chi connectivity index (χ4n) is 2.09. The molecule has 0 unspecified atom stereocenters. The van der Waals surface area contributed by atoms with Crippen LogP contribution in [0.5, 0.6) is 0 Å². The first-order valence-electron chi connectivity index (χ1n) is 6.13. The minimum Gasteiger partial charge on any atom is -0.336 e.